The van der Waals surface area contributed by atoms with E-state index in [1.165, 1.54) is 6.92 Å². The van der Waals surface area contributed by atoms with Gasteiger partial charge in [-0.15, -0.1) is 0 Å². The van der Waals surface area contributed by atoms with Gasteiger partial charge in [0.2, 0.25) is 0 Å². The van der Waals surface area contributed by atoms with Crippen LogP contribution >= 0.6 is 15.9 Å². The molecule has 0 radical (unpaired) electrons. The minimum atomic E-state index is -2.82. The van der Waals surface area contributed by atoms with Crippen molar-refractivity contribution in [1.82, 2.24) is 4.98 Å². The molecule has 0 spiro atoms. The molecule has 1 heterocycles. The maximum absolute atomic E-state index is 12.9. The van der Waals surface area contributed by atoms with E-state index in [4.69, 9.17) is 0 Å². The van der Waals surface area contributed by atoms with Crippen molar-refractivity contribution in [2.24, 2.45) is 0 Å². The van der Waals surface area contributed by atoms with E-state index in [0.29, 0.717) is 5.69 Å². The monoisotopic (exact) mass is 239 g/mol. The normalized spacial score (nSPS) is 10.8. The minimum Gasteiger partial charge on any atom is -0.260 e. The summed E-state index contributed by atoms with van der Waals surface area (Å²) in [4.78, 5) is 3.59. The highest BCUT2D eigenvalue weighted by molar-refractivity contribution is 9.10. The SMILES string of the molecule is Cc1ncc(C(F)F)c(F)c1Br. The van der Waals surface area contributed by atoms with Crippen LogP contribution in [-0.4, -0.2) is 4.98 Å². The molecule has 0 unspecified atom stereocenters. The fourth-order valence-electron chi connectivity index (χ4n) is 0.717. The van der Waals surface area contributed by atoms with Crippen molar-refractivity contribution in [3.05, 3.63) is 27.7 Å². The van der Waals surface area contributed by atoms with Crippen molar-refractivity contribution in [1.29, 1.82) is 0 Å². The molecular weight excluding hydrogens is 235 g/mol. The van der Waals surface area contributed by atoms with Crippen molar-refractivity contribution < 1.29 is 13.2 Å². The highest BCUT2D eigenvalue weighted by atomic mass is 79.9. The average Bonchev–Trinajstić information content (AvgIpc) is 2.00. The summed E-state index contributed by atoms with van der Waals surface area (Å²) < 4.78 is 37.0. The second-order valence-electron chi connectivity index (χ2n) is 2.23. The van der Waals surface area contributed by atoms with E-state index < -0.39 is 17.8 Å². The van der Waals surface area contributed by atoms with Gasteiger partial charge < -0.3 is 0 Å². The standard InChI is InChI=1S/C7H5BrF3N/c1-3-5(8)6(9)4(2-12-3)7(10)11/h2,7H,1H3. The van der Waals surface area contributed by atoms with Gasteiger partial charge in [-0.05, 0) is 22.9 Å². The van der Waals surface area contributed by atoms with Crippen molar-refractivity contribution in [3.63, 3.8) is 0 Å². The molecule has 0 aliphatic carbocycles. The number of hydrogen-bond acceptors (Lipinski definition) is 1. The Morgan fingerprint density at radius 1 is 1.50 bits per heavy atom. The van der Waals surface area contributed by atoms with E-state index >= 15 is 0 Å². The smallest absolute Gasteiger partial charge is 0.260 e. The van der Waals surface area contributed by atoms with Crippen LogP contribution in [0, 0.1) is 12.7 Å². The second kappa shape index (κ2) is 3.43. The zero-order chi connectivity index (χ0) is 9.30. The van der Waals surface area contributed by atoms with Gasteiger partial charge in [0.1, 0.15) is 5.82 Å². The van der Waals surface area contributed by atoms with Gasteiger partial charge in [-0.3, -0.25) is 4.98 Å². The molecule has 0 saturated heterocycles. The summed E-state index contributed by atoms with van der Waals surface area (Å²) in [5.74, 6) is -0.933. The molecule has 5 heteroatoms. The zero-order valence-electron chi connectivity index (χ0n) is 6.11. The molecule has 0 bridgehead atoms. The first-order valence-electron chi connectivity index (χ1n) is 3.12. The molecule has 0 aromatic carbocycles. The maximum atomic E-state index is 12.9. The maximum Gasteiger partial charge on any atom is 0.268 e. The van der Waals surface area contributed by atoms with Gasteiger partial charge in [-0.25, -0.2) is 13.2 Å². The Hall–Kier alpha value is -0.580. The fraction of sp³-hybridized carbons (Fsp3) is 0.286. The molecule has 0 fully saturated rings. The summed E-state index contributed by atoms with van der Waals surface area (Å²) in [5.41, 5.74) is -0.315. The zero-order valence-corrected chi connectivity index (χ0v) is 7.70. The van der Waals surface area contributed by atoms with Crippen LogP contribution in [0.15, 0.2) is 10.7 Å². The first-order chi connectivity index (χ1) is 5.54. The van der Waals surface area contributed by atoms with Gasteiger partial charge in [0.05, 0.1) is 15.7 Å². The number of aryl methyl sites for hydroxylation is 1. The predicted octanol–water partition coefficient (Wildman–Crippen LogP) is 3.23. The summed E-state index contributed by atoms with van der Waals surface area (Å²) in [5, 5.41) is 0. The van der Waals surface area contributed by atoms with Crippen LogP contribution in [0.25, 0.3) is 0 Å². The molecule has 1 aromatic rings. The topological polar surface area (TPSA) is 12.9 Å². The first kappa shape index (κ1) is 9.51. The number of pyridine rings is 1. The highest BCUT2D eigenvalue weighted by Crippen LogP contribution is 2.27. The van der Waals surface area contributed by atoms with Gasteiger partial charge >= 0.3 is 0 Å². The lowest BCUT2D eigenvalue weighted by molar-refractivity contribution is 0.145. The van der Waals surface area contributed by atoms with Gasteiger partial charge in [-0.2, -0.15) is 0 Å². The number of alkyl halides is 2. The van der Waals surface area contributed by atoms with Gasteiger partial charge in [-0.1, -0.05) is 0 Å². The molecule has 0 atom stereocenters. The molecule has 1 rings (SSSR count). The van der Waals surface area contributed by atoms with Crippen LogP contribution in [0.5, 0.6) is 0 Å². The first-order valence-corrected chi connectivity index (χ1v) is 3.92. The van der Waals surface area contributed by atoms with Crippen LogP contribution in [0.2, 0.25) is 0 Å². The molecule has 12 heavy (non-hydrogen) atoms. The van der Waals surface area contributed by atoms with Crippen molar-refractivity contribution >= 4 is 15.9 Å². The Kier molecular flexibility index (Phi) is 2.72. The van der Waals surface area contributed by atoms with Crippen LogP contribution in [0.1, 0.15) is 17.7 Å². The van der Waals surface area contributed by atoms with E-state index in [1.807, 2.05) is 0 Å². The number of aromatic nitrogens is 1. The van der Waals surface area contributed by atoms with Crippen molar-refractivity contribution in [3.8, 4) is 0 Å². The Balaban J connectivity index is 3.27. The summed E-state index contributed by atoms with van der Waals surface area (Å²) in [6.07, 6.45) is -1.98. The molecule has 0 N–H and O–H groups in total. The summed E-state index contributed by atoms with van der Waals surface area (Å²) >= 11 is 2.83. The molecule has 0 amide bonds. The average molecular weight is 240 g/mol. The Labute approximate surface area is 75.7 Å². The summed E-state index contributed by atoms with van der Waals surface area (Å²) in [7, 11) is 0. The quantitative estimate of drug-likeness (QED) is 0.734. The largest absolute Gasteiger partial charge is 0.268 e. The van der Waals surface area contributed by atoms with Crippen LogP contribution < -0.4 is 0 Å². The third-order valence-electron chi connectivity index (χ3n) is 1.40. The lowest BCUT2D eigenvalue weighted by Gasteiger charge is -2.04. The summed E-state index contributed by atoms with van der Waals surface area (Å²) in [6, 6.07) is 0. The number of rotatable bonds is 1. The van der Waals surface area contributed by atoms with Crippen LogP contribution in [0.3, 0.4) is 0 Å². The number of hydrogen-bond donors (Lipinski definition) is 0. The third-order valence-corrected chi connectivity index (χ3v) is 2.32. The minimum absolute atomic E-state index is 0.000278. The van der Waals surface area contributed by atoms with Crippen molar-refractivity contribution in [2.75, 3.05) is 0 Å². The molecule has 1 aromatic heterocycles. The van der Waals surface area contributed by atoms with Crippen LogP contribution in [-0.2, 0) is 0 Å². The summed E-state index contributed by atoms with van der Waals surface area (Å²) in [6.45, 7) is 1.53. The third kappa shape index (κ3) is 1.60. The molecule has 0 saturated carbocycles. The lowest BCUT2D eigenvalue weighted by Crippen LogP contribution is -1.96. The lowest BCUT2D eigenvalue weighted by atomic mass is 10.2. The molecule has 0 aliphatic rings. The second-order valence-corrected chi connectivity index (χ2v) is 3.02. The Bertz CT molecular complexity index is 301. The molecule has 1 nitrogen and oxygen atoms in total. The van der Waals surface area contributed by atoms with E-state index in [2.05, 4.69) is 20.9 Å². The Morgan fingerprint density at radius 2 is 2.08 bits per heavy atom. The molecule has 66 valence electrons. The number of halogens is 4. The van der Waals surface area contributed by atoms with E-state index in [0.717, 1.165) is 6.20 Å². The van der Waals surface area contributed by atoms with Gasteiger partial charge in [0, 0.05) is 6.20 Å². The fourth-order valence-corrected chi connectivity index (χ4v) is 1.05. The van der Waals surface area contributed by atoms with Crippen LogP contribution in [0.4, 0.5) is 13.2 Å². The number of nitrogens with zero attached hydrogens (tertiary/aromatic N) is 1. The molecule has 0 aliphatic heterocycles. The van der Waals surface area contributed by atoms with E-state index in [1.54, 1.807) is 0 Å². The predicted molar refractivity (Wildman–Crippen MR) is 41.6 cm³/mol. The van der Waals surface area contributed by atoms with Gasteiger partial charge in [0.25, 0.3) is 6.43 Å². The van der Waals surface area contributed by atoms with E-state index in [-0.39, 0.29) is 4.47 Å². The van der Waals surface area contributed by atoms with Crippen molar-refractivity contribution in [2.45, 2.75) is 13.3 Å². The highest BCUT2D eigenvalue weighted by Gasteiger charge is 2.17. The Morgan fingerprint density at radius 3 is 2.58 bits per heavy atom. The van der Waals surface area contributed by atoms with Gasteiger partial charge in [0.15, 0.2) is 0 Å². The molecular formula is C7H5BrF3N. The van der Waals surface area contributed by atoms with E-state index in [9.17, 15) is 13.2 Å².